The van der Waals surface area contributed by atoms with E-state index in [4.69, 9.17) is 37.2 Å². The molecule has 0 spiro atoms. The molecule has 1 atom stereocenters. The highest BCUT2D eigenvalue weighted by Crippen LogP contribution is 2.27. The normalized spacial score (nSPS) is 11.8. The molecule has 0 aliphatic carbocycles. The summed E-state index contributed by atoms with van der Waals surface area (Å²) in [5.41, 5.74) is 0.863. The maximum Gasteiger partial charge on any atom is 0.329 e. The lowest BCUT2D eigenvalue weighted by Crippen LogP contribution is -2.45. The third-order valence-corrected chi connectivity index (χ3v) is 5.16. The lowest BCUT2D eigenvalue weighted by molar-refractivity contribution is -0.149. The number of carbonyl (C=O) groups is 2. The fourth-order valence-corrected chi connectivity index (χ4v) is 3.46. The monoisotopic (exact) mass is 491 g/mol. The summed E-state index contributed by atoms with van der Waals surface area (Å²) >= 11 is 12.0. The van der Waals surface area contributed by atoms with E-state index in [1.165, 1.54) is 12.1 Å². The molecule has 0 fully saturated rings. The summed E-state index contributed by atoms with van der Waals surface area (Å²) in [5.74, 6) is -0.357. The van der Waals surface area contributed by atoms with Crippen LogP contribution in [0.4, 0.5) is 0 Å². The molecule has 10 heteroatoms. The van der Waals surface area contributed by atoms with Crippen LogP contribution in [0, 0.1) is 5.92 Å². The molecule has 174 valence electrons. The predicted molar refractivity (Wildman–Crippen MR) is 123 cm³/mol. The largest absolute Gasteiger partial charge is 0.493 e. The Kier molecular flexibility index (Phi) is 8.30. The number of hydrogen-bond donors (Lipinski definition) is 1. The van der Waals surface area contributed by atoms with Crippen molar-refractivity contribution in [3.8, 4) is 17.1 Å². The summed E-state index contributed by atoms with van der Waals surface area (Å²) in [6, 6.07) is 10.9. The molecule has 0 saturated carbocycles. The Balaban J connectivity index is 1.66. The van der Waals surface area contributed by atoms with Crippen LogP contribution in [-0.2, 0) is 16.1 Å². The molecule has 1 N–H and O–H groups in total. The van der Waals surface area contributed by atoms with Gasteiger partial charge in [-0.1, -0.05) is 54.3 Å². The van der Waals surface area contributed by atoms with Crippen LogP contribution in [0.3, 0.4) is 0 Å². The number of carbonyl (C=O) groups excluding carboxylic acids is 2. The van der Waals surface area contributed by atoms with Gasteiger partial charge >= 0.3 is 5.97 Å². The first-order valence-corrected chi connectivity index (χ1v) is 11.0. The van der Waals surface area contributed by atoms with Gasteiger partial charge in [0.2, 0.25) is 5.82 Å². The molecule has 0 saturated heterocycles. The van der Waals surface area contributed by atoms with E-state index in [1.54, 1.807) is 32.0 Å². The van der Waals surface area contributed by atoms with Gasteiger partial charge in [-0.05, 0) is 43.2 Å². The molecular formula is C23H23Cl2N3O5. The highest BCUT2D eigenvalue weighted by molar-refractivity contribution is 6.36. The summed E-state index contributed by atoms with van der Waals surface area (Å²) in [5, 5.41) is 7.18. The van der Waals surface area contributed by atoms with Gasteiger partial charge in [0.05, 0.1) is 22.8 Å². The van der Waals surface area contributed by atoms with Gasteiger partial charge in [0.15, 0.2) is 6.61 Å². The molecule has 0 unspecified atom stereocenters. The van der Waals surface area contributed by atoms with Crippen LogP contribution in [-0.4, -0.2) is 34.7 Å². The van der Waals surface area contributed by atoms with Gasteiger partial charge in [-0.15, -0.1) is 0 Å². The summed E-state index contributed by atoms with van der Waals surface area (Å²) < 4.78 is 16.1. The number of esters is 1. The first-order valence-electron chi connectivity index (χ1n) is 10.3. The van der Waals surface area contributed by atoms with Crippen LogP contribution < -0.4 is 10.1 Å². The minimum Gasteiger partial charge on any atom is -0.493 e. The Morgan fingerprint density at radius 2 is 1.91 bits per heavy atom. The molecule has 3 aromatic rings. The second-order valence-corrected chi connectivity index (χ2v) is 8.21. The van der Waals surface area contributed by atoms with Gasteiger partial charge < -0.3 is 19.3 Å². The zero-order chi connectivity index (χ0) is 24.0. The predicted octanol–water partition coefficient (Wildman–Crippen LogP) is 4.94. The molecule has 3 rings (SSSR count). The number of nitrogens with zero attached hydrogens (tertiary/aromatic N) is 2. The average molecular weight is 492 g/mol. The number of halogens is 2. The molecule has 1 amide bonds. The molecule has 1 heterocycles. The van der Waals surface area contributed by atoms with Crippen LogP contribution in [0.15, 0.2) is 47.0 Å². The molecule has 0 aliphatic rings. The summed E-state index contributed by atoms with van der Waals surface area (Å²) in [6.07, 6.45) is 0. The highest BCUT2D eigenvalue weighted by Gasteiger charge is 2.27. The molecule has 8 nitrogen and oxygen atoms in total. The summed E-state index contributed by atoms with van der Waals surface area (Å²) in [4.78, 5) is 29.6. The average Bonchev–Trinajstić information content (AvgIpc) is 3.25. The fraction of sp³-hybridized carbons (Fsp3) is 0.304. The zero-order valence-electron chi connectivity index (χ0n) is 18.3. The molecule has 2 aromatic carbocycles. The van der Waals surface area contributed by atoms with Crippen molar-refractivity contribution in [1.29, 1.82) is 0 Å². The third-order valence-electron chi connectivity index (χ3n) is 4.62. The van der Waals surface area contributed by atoms with E-state index in [1.807, 2.05) is 19.1 Å². The topological polar surface area (TPSA) is 104 Å². The quantitative estimate of drug-likeness (QED) is 0.422. The van der Waals surface area contributed by atoms with E-state index < -0.39 is 17.9 Å². The maximum atomic E-state index is 12.7. The van der Waals surface area contributed by atoms with Crippen LogP contribution in [0.1, 0.15) is 37.0 Å². The smallest absolute Gasteiger partial charge is 0.329 e. The van der Waals surface area contributed by atoms with E-state index in [0.717, 1.165) is 0 Å². The van der Waals surface area contributed by atoms with Crippen molar-refractivity contribution in [3.63, 3.8) is 0 Å². The maximum absolute atomic E-state index is 12.7. The number of ether oxygens (including phenoxy) is 2. The molecular weight excluding hydrogens is 469 g/mol. The van der Waals surface area contributed by atoms with Crippen molar-refractivity contribution < 1.29 is 23.6 Å². The molecule has 1 aromatic heterocycles. The van der Waals surface area contributed by atoms with Crippen molar-refractivity contribution in [2.45, 2.75) is 33.4 Å². The molecule has 0 radical (unpaired) electrons. The highest BCUT2D eigenvalue weighted by atomic mass is 35.5. The Morgan fingerprint density at radius 3 is 2.61 bits per heavy atom. The van der Waals surface area contributed by atoms with Gasteiger partial charge in [-0.25, -0.2) is 4.79 Å². The SMILES string of the molecule is CCOc1ccccc1-c1noc(COC(=O)[C@H](NC(=O)c2ccc(Cl)cc2Cl)C(C)C)n1. The number of benzene rings is 2. The first kappa shape index (κ1) is 24.5. The van der Waals surface area contributed by atoms with Crippen LogP contribution in [0.2, 0.25) is 10.0 Å². The Labute approximate surface area is 201 Å². The standard InChI is InChI=1S/C23H23Cl2N3O5/c1-4-31-18-8-6-5-7-16(18)21-26-19(33-28-21)12-32-23(30)20(13(2)3)27-22(29)15-10-9-14(24)11-17(15)25/h5-11,13,20H,4,12H2,1-3H3,(H,27,29)/t20-/m1/s1. The Bertz CT molecular complexity index is 1130. The Hall–Kier alpha value is -3.10. The zero-order valence-corrected chi connectivity index (χ0v) is 19.8. The van der Waals surface area contributed by atoms with Gasteiger partial charge in [-0.2, -0.15) is 4.98 Å². The second kappa shape index (κ2) is 11.2. The number of nitrogens with one attached hydrogen (secondary N) is 1. The second-order valence-electron chi connectivity index (χ2n) is 7.37. The van der Waals surface area contributed by atoms with Crippen molar-refractivity contribution >= 4 is 35.1 Å². The molecule has 33 heavy (non-hydrogen) atoms. The van der Waals surface area contributed by atoms with Crippen molar-refractivity contribution in [3.05, 3.63) is 64.0 Å². The van der Waals surface area contributed by atoms with Crippen molar-refractivity contribution in [1.82, 2.24) is 15.5 Å². The number of amides is 1. The van der Waals surface area contributed by atoms with E-state index in [0.29, 0.717) is 28.8 Å². The molecule has 0 aliphatic heterocycles. The third kappa shape index (κ3) is 6.24. The van der Waals surface area contributed by atoms with Gasteiger partial charge in [-0.3, -0.25) is 4.79 Å². The number of aromatic nitrogens is 2. The number of hydrogen-bond acceptors (Lipinski definition) is 7. The minimum atomic E-state index is -0.912. The first-order chi connectivity index (χ1) is 15.8. The van der Waals surface area contributed by atoms with Crippen LogP contribution in [0.5, 0.6) is 5.75 Å². The lowest BCUT2D eigenvalue weighted by atomic mass is 10.0. The van der Waals surface area contributed by atoms with Crippen LogP contribution in [0.25, 0.3) is 11.4 Å². The van der Waals surface area contributed by atoms with Gasteiger partial charge in [0.1, 0.15) is 11.8 Å². The number of para-hydroxylation sites is 1. The van der Waals surface area contributed by atoms with Crippen molar-refractivity contribution in [2.75, 3.05) is 6.61 Å². The van der Waals surface area contributed by atoms with Gasteiger partial charge in [0.25, 0.3) is 11.8 Å². The summed E-state index contributed by atoms with van der Waals surface area (Å²) in [7, 11) is 0. The summed E-state index contributed by atoms with van der Waals surface area (Å²) in [6.45, 7) is 5.69. The fourth-order valence-electron chi connectivity index (χ4n) is 2.97. The van der Waals surface area contributed by atoms with E-state index in [2.05, 4.69) is 15.5 Å². The lowest BCUT2D eigenvalue weighted by Gasteiger charge is -2.20. The van der Waals surface area contributed by atoms with E-state index in [9.17, 15) is 9.59 Å². The van der Waals surface area contributed by atoms with E-state index >= 15 is 0 Å². The van der Waals surface area contributed by atoms with Crippen LogP contribution >= 0.6 is 23.2 Å². The Morgan fingerprint density at radius 1 is 1.15 bits per heavy atom. The minimum absolute atomic E-state index is 0.110. The number of rotatable bonds is 9. The molecule has 0 bridgehead atoms. The van der Waals surface area contributed by atoms with Gasteiger partial charge in [0, 0.05) is 5.02 Å². The van der Waals surface area contributed by atoms with Crippen molar-refractivity contribution in [2.24, 2.45) is 5.92 Å². The van der Waals surface area contributed by atoms with E-state index in [-0.39, 0.29) is 29.0 Å².